The van der Waals surface area contributed by atoms with E-state index in [0.29, 0.717) is 11.3 Å². The molecule has 0 fully saturated rings. The summed E-state index contributed by atoms with van der Waals surface area (Å²) in [5.74, 6) is -1.41. The minimum atomic E-state index is -4.22. The van der Waals surface area contributed by atoms with Crippen molar-refractivity contribution in [3.63, 3.8) is 0 Å². The molecule has 0 atom stereocenters. The summed E-state index contributed by atoms with van der Waals surface area (Å²) in [7, 11) is 0.176. The van der Waals surface area contributed by atoms with Crippen LogP contribution in [0.3, 0.4) is 0 Å². The predicted molar refractivity (Wildman–Crippen MR) is 112 cm³/mol. The Hall–Kier alpha value is -2.62. The van der Waals surface area contributed by atoms with E-state index in [9.17, 15) is 17.2 Å². The van der Waals surface area contributed by atoms with Gasteiger partial charge in [-0.1, -0.05) is 12.1 Å². The van der Waals surface area contributed by atoms with Crippen LogP contribution in [-0.4, -0.2) is 33.7 Å². The number of benzene rings is 2. The lowest BCUT2D eigenvalue weighted by Gasteiger charge is -2.14. The number of aromatic nitrogens is 1. The number of nitrogens with zero attached hydrogens (tertiary/aromatic N) is 1. The third-order valence-corrected chi connectivity index (χ3v) is 6.02. The maximum atomic E-state index is 14.6. The molecule has 1 aromatic heterocycles. The van der Waals surface area contributed by atoms with E-state index in [0.717, 1.165) is 16.1 Å². The van der Waals surface area contributed by atoms with E-state index in [1.165, 1.54) is 44.7 Å². The number of ether oxygens (including phenoxy) is 2. The van der Waals surface area contributed by atoms with Crippen molar-refractivity contribution in [1.29, 1.82) is 0 Å². The van der Waals surface area contributed by atoms with Gasteiger partial charge in [0.25, 0.3) is 10.0 Å². The highest BCUT2D eigenvalue weighted by Gasteiger charge is 2.30. The second-order valence-corrected chi connectivity index (χ2v) is 7.96. The lowest BCUT2D eigenvalue weighted by molar-refractivity contribution is 0.410. The number of halogens is 3. The Bertz CT molecular complexity index is 1130. The quantitative estimate of drug-likeness (QED) is 0.582. The molecular weight excluding hydrogens is 438 g/mol. The number of hydrogen-bond donors (Lipinski definition) is 1. The molecule has 0 aliphatic heterocycles. The van der Waals surface area contributed by atoms with Gasteiger partial charge in [0.15, 0.2) is 0 Å². The van der Waals surface area contributed by atoms with Crippen molar-refractivity contribution < 1.29 is 26.7 Å². The van der Waals surface area contributed by atoms with Crippen LogP contribution in [0.1, 0.15) is 5.56 Å². The monoisotopic (exact) mass is 458 g/mol. The molecule has 1 N–H and O–H groups in total. The first-order valence-corrected chi connectivity index (χ1v) is 10.1. The van der Waals surface area contributed by atoms with Crippen molar-refractivity contribution in [2.24, 2.45) is 0 Å². The van der Waals surface area contributed by atoms with Crippen LogP contribution >= 0.6 is 12.4 Å². The van der Waals surface area contributed by atoms with Gasteiger partial charge in [0.05, 0.1) is 24.7 Å². The summed E-state index contributed by atoms with van der Waals surface area (Å²) in [6.07, 6.45) is 1.30. The Kier molecular flexibility index (Phi) is 7.46. The van der Waals surface area contributed by atoms with Crippen molar-refractivity contribution in [3.8, 4) is 22.8 Å². The third-order valence-electron chi connectivity index (χ3n) is 4.37. The van der Waals surface area contributed by atoms with Crippen LogP contribution in [0.5, 0.6) is 11.5 Å². The number of rotatable bonds is 7. The van der Waals surface area contributed by atoms with Gasteiger partial charge in [-0.05, 0) is 31.3 Å². The van der Waals surface area contributed by atoms with Crippen LogP contribution < -0.4 is 14.8 Å². The summed E-state index contributed by atoms with van der Waals surface area (Å²) in [4.78, 5) is -0.0940. The van der Waals surface area contributed by atoms with Gasteiger partial charge < -0.3 is 14.8 Å². The molecule has 0 saturated heterocycles. The molecule has 0 spiro atoms. The van der Waals surface area contributed by atoms with Gasteiger partial charge in [0.1, 0.15) is 28.8 Å². The molecule has 3 aromatic rings. The first-order valence-electron chi connectivity index (χ1n) is 8.62. The zero-order chi connectivity index (χ0) is 21.2. The summed E-state index contributed by atoms with van der Waals surface area (Å²) >= 11 is 0. The molecular formula is C20H21ClF2N2O4S. The second-order valence-electron chi connectivity index (χ2n) is 6.14. The Morgan fingerprint density at radius 3 is 2.23 bits per heavy atom. The summed E-state index contributed by atoms with van der Waals surface area (Å²) in [5, 5.41) is 2.89. The molecule has 0 radical (unpaired) electrons. The summed E-state index contributed by atoms with van der Waals surface area (Å²) in [6.45, 7) is 0.229. The third kappa shape index (κ3) is 4.14. The van der Waals surface area contributed by atoms with Crippen LogP contribution in [0.4, 0.5) is 8.78 Å². The molecule has 0 saturated carbocycles. The van der Waals surface area contributed by atoms with Gasteiger partial charge in [-0.15, -0.1) is 12.4 Å². The maximum Gasteiger partial charge on any atom is 0.268 e. The van der Waals surface area contributed by atoms with Crippen molar-refractivity contribution in [3.05, 3.63) is 65.9 Å². The van der Waals surface area contributed by atoms with E-state index in [1.54, 1.807) is 13.1 Å². The fraction of sp³-hybridized carbons (Fsp3) is 0.200. The minimum absolute atomic E-state index is 0. The zero-order valence-corrected chi connectivity index (χ0v) is 18.1. The molecule has 10 heteroatoms. The van der Waals surface area contributed by atoms with Crippen LogP contribution in [0.2, 0.25) is 0 Å². The van der Waals surface area contributed by atoms with Crippen LogP contribution in [0, 0.1) is 11.6 Å². The van der Waals surface area contributed by atoms with E-state index in [4.69, 9.17) is 9.47 Å². The summed E-state index contributed by atoms with van der Waals surface area (Å²) < 4.78 is 67.3. The van der Waals surface area contributed by atoms with Gasteiger partial charge in [-0.3, -0.25) is 0 Å². The van der Waals surface area contributed by atoms with Crippen LogP contribution in [0.15, 0.2) is 53.6 Å². The molecule has 3 rings (SSSR count). The average molecular weight is 459 g/mol. The van der Waals surface area contributed by atoms with Crippen LogP contribution in [0.25, 0.3) is 11.3 Å². The fourth-order valence-corrected chi connectivity index (χ4v) is 4.50. The summed E-state index contributed by atoms with van der Waals surface area (Å²) in [5.41, 5.74) is -0.284. The first kappa shape index (κ1) is 23.7. The molecule has 0 aliphatic rings. The number of nitrogens with one attached hydrogen (secondary N) is 1. The largest absolute Gasteiger partial charge is 0.497 e. The molecule has 1 heterocycles. The standard InChI is InChI=1S/C20H20F2N2O4S.ClH/c1-23-11-13-12-24(29(25,26)15-7-4-6-14(10-15)27-2)19(20(13)28-3)18-16(21)8-5-9-17(18)22;/h4-10,12,23H,11H2,1-3H3;1H. The predicted octanol–water partition coefficient (Wildman–Crippen LogP) is 3.83. The maximum absolute atomic E-state index is 14.6. The lowest BCUT2D eigenvalue weighted by Crippen LogP contribution is -2.14. The van der Waals surface area contributed by atoms with Gasteiger partial charge in [-0.25, -0.2) is 21.2 Å². The SMILES string of the molecule is CNCc1cn(S(=O)(=O)c2cccc(OC)c2)c(-c2c(F)cccc2F)c1OC.Cl. The number of methoxy groups -OCH3 is 2. The Labute approximate surface area is 179 Å². The Morgan fingerprint density at radius 2 is 1.67 bits per heavy atom. The molecule has 162 valence electrons. The summed E-state index contributed by atoms with van der Waals surface area (Å²) in [6, 6.07) is 9.16. The molecule has 0 unspecified atom stereocenters. The fourth-order valence-electron chi connectivity index (χ4n) is 3.07. The molecule has 2 aromatic carbocycles. The Balaban J connectivity index is 0.00000320. The van der Waals surface area contributed by atoms with Gasteiger partial charge in [0.2, 0.25) is 0 Å². The van der Waals surface area contributed by atoms with Crippen LogP contribution in [-0.2, 0) is 16.6 Å². The second kappa shape index (κ2) is 9.46. The van der Waals surface area contributed by atoms with Crippen molar-refractivity contribution in [2.45, 2.75) is 11.4 Å². The van der Waals surface area contributed by atoms with E-state index < -0.39 is 27.2 Å². The van der Waals surface area contributed by atoms with Crippen molar-refractivity contribution in [1.82, 2.24) is 9.29 Å². The molecule has 30 heavy (non-hydrogen) atoms. The Morgan fingerprint density at radius 1 is 1.03 bits per heavy atom. The van der Waals surface area contributed by atoms with Gasteiger partial charge in [0, 0.05) is 24.4 Å². The van der Waals surface area contributed by atoms with Gasteiger partial charge >= 0.3 is 0 Å². The van der Waals surface area contributed by atoms with E-state index in [-0.39, 0.29) is 35.3 Å². The molecule has 0 aliphatic carbocycles. The van der Waals surface area contributed by atoms with Gasteiger partial charge in [-0.2, -0.15) is 0 Å². The molecule has 0 amide bonds. The highest BCUT2D eigenvalue weighted by molar-refractivity contribution is 7.90. The average Bonchev–Trinajstić information content (AvgIpc) is 3.07. The van der Waals surface area contributed by atoms with Crippen molar-refractivity contribution >= 4 is 22.4 Å². The smallest absolute Gasteiger partial charge is 0.268 e. The van der Waals surface area contributed by atoms with E-state index in [2.05, 4.69) is 5.32 Å². The zero-order valence-electron chi connectivity index (χ0n) is 16.5. The topological polar surface area (TPSA) is 69.6 Å². The first-order chi connectivity index (χ1) is 13.8. The molecule has 0 bridgehead atoms. The molecule has 6 nitrogen and oxygen atoms in total. The minimum Gasteiger partial charge on any atom is -0.497 e. The number of hydrogen-bond acceptors (Lipinski definition) is 5. The normalized spacial score (nSPS) is 11.1. The lowest BCUT2D eigenvalue weighted by atomic mass is 10.1. The van der Waals surface area contributed by atoms with E-state index >= 15 is 0 Å². The van der Waals surface area contributed by atoms with E-state index in [1.807, 2.05) is 0 Å². The van der Waals surface area contributed by atoms with Crippen molar-refractivity contribution in [2.75, 3.05) is 21.3 Å². The highest BCUT2D eigenvalue weighted by Crippen LogP contribution is 2.40. The highest BCUT2D eigenvalue weighted by atomic mass is 35.5.